The van der Waals surface area contributed by atoms with E-state index in [1.807, 2.05) is 0 Å². The Balaban J connectivity index is 2.27. The molecule has 1 amide bonds. The maximum Gasteiger partial charge on any atom is 0.273 e. The largest absolute Gasteiger partial charge is 0.496 e. The normalized spacial score (nSPS) is 15.1. The molecule has 0 bridgehead atoms. The van der Waals surface area contributed by atoms with E-state index in [0.29, 0.717) is 31.9 Å². The number of rotatable bonds is 3. The molecule has 0 aliphatic carbocycles. The van der Waals surface area contributed by atoms with E-state index in [1.165, 1.54) is 25.3 Å². The van der Waals surface area contributed by atoms with E-state index in [1.54, 1.807) is 4.90 Å². The van der Waals surface area contributed by atoms with Crippen LogP contribution in [0.25, 0.3) is 0 Å². The standard InChI is InChI=1S/C12H14N2O5/c1-18-11-8-9(14(16)17)2-3-10(11)12(15)13-4-6-19-7-5-13/h2-3,8H,4-7H2,1H3. The van der Waals surface area contributed by atoms with Gasteiger partial charge < -0.3 is 14.4 Å². The summed E-state index contributed by atoms with van der Waals surface area (Å²) in [4.78, 5) is 24.1. The number of nitro benzene ring substituents is 1. The summed E-state index contributed by atoms with van der Waals surface area (Å²) in [7, 11) is 1.38. The average Bonchev–Trinajstić information content (AvgIpc) is 2.46. The predicted octanol–water partition coefficient (Wildman–Crippen LogP) is 1.08. The van der Waals surface area contributed by atoms with Crippen LogP contribution in [0.2, 0.25) is 0 Å². The highest BCUT2D eigenvalue weighted by molar-refractivity contribution is 5.97. The quantitative estimate of drug-likeness (QED) is 0.604. The Bertz CT molecular complexity index is 497. The van der Waals surface area contributed by atoms with Gasteiger partial charge in [-0.3, -0.25) is 14.9 Å². The molecule has 0 N–H and O–H groups in total. The zero-order valence-electron chi connectivity index (χ0n) is 10.5. The first-order chi connectivity index (χ1) is 9.13. The minimum absolute atomic E-state index is 0.102. The van der Waals surface area contributed by atoms with E-state index in [0.717, 1.165) is 0 Å². The molecular formula is C12H14N2O5. The van der Waals surface area contributed by atoms with Crippen molar-refractivity contribution in [1.82, 2.24) is 4.90 Å². The van der Waals surface area contributed by atoms with Crippen molar-refractivity contribution in [3.63, 3.8) is 0 Å². The Hall–Kier alpha value is -2.15. The molecule has 2 rings (SSSR count). The Kier molecular flexibility index (Phi) is 3.96. The van der Waals surface area contributed by atoms with Gasteiger partial charge in [0.1, 0.15) is 5.75 Å². The molecule has 1 aromatic carbocycles. The molecule has 0 aromatic heterocycles. The molecule has 1 fully saturated rings. The fourth-order valence-electron chi connectivity index (χ4n) is 1.91. The van der Waals surface area contributed by atoms with Crippen LogP contribution >= 0.6 is 0 Å². The highest BCUT2D eigenvalue weighted by atomic mass is 16.6. The number of methoxy groups -OCH3 is 1. The van der Waals surface area contributed by atoms with Crippen LogP contribution in [-0.2, 0) is 4.74 Å². The van der Waals surface area contributed by atoms with Gasteiger partial charge in [0.2, 0.25) is 0 Å². The molecule has 0 saturated carbocycles. The fraction of sp³-hybridized carbons (Fsp3) is 0.417. The Morgan fingerprint density at radius 3 is 2.68 bits per heavy atom. The third kappa shape index (κ3) is 2.82. The van der Waals surface area contributed by atoms with Gasteiger partial charge in [-0.05, 0) is 6.07 Å². The number of amides is 1. The maximum absolute atomic E-state index is 12.3. The molecule has 1 aliphatic rings. The van der Waals surface area contributed by atoms with Gasteiger partial charge in [-0.2, -0.15) is 0 Å². The van der Waals surface area contributed by atoms with Gasteiger partial charge in [-0.25, -0.2) is 0 Å². The third-order valence-corrected chi connectivity index (χ3v) is 2.92. The number of morpholine rings is 1. The van der Waals surface area contributed by atoms with E-state index < -0.39 is 4.92 Å². The van der Waals surface area contributed by atoms with Gasteiger partial charge in [0.15, 0.2) is 0 Å². The van der Waals surface area contributed by atoms with Crippen molar-refractivity contribution >= 4 is 11.6 Å². The maximum atomic E-state index is 12.3. The van der Waals surface area contributed by atoms with Crippen molar-refractivity contribution in [3.8, 4) is 5.75 Å². The van der Waals surface area contributed by atoms with Gasteiger partial charge in [0.05, 0.1) is 36.9 Å². The van der Waals surface area contributed by atoms with E-state index in [9.17, 15) is 14.9 Å². The Morgan fingerprint density at radius 1 is 1.42 bits per heavy atom. The number of non-ortho nitro benzene ring substituents is 1. The molecule has 0 radical (unpaired) electrons. The van der Waals surface area contributed by atoms with E-state index in [-0.39, 0.29) is 17.3 Å². The number of benzene rings is 1. The molecule has 7 heteroatoms. The van der Waals surface area contributed by atoms with Crippen molar-refractivity contribution < 1.29 is 19.2 Å². The molecule has 1 aromatic rings. The second-order valence-corrected chi connectivity index (χ2v) is 4.05. The summed E-state index contributed by atoms with van der Waals surface area (Å²) in [5.74, 6) is 0.0146. The molecule has 0 spiro atoms. The highest BCUT2D eigenvalue weighted by Gasteiger charge is 2.23. The fourth-order valence-corrected chi connectivity index (χ4v) is 1.91. The molecule has 102 valence electrons. The lowest BCUT2D eigenvalue weighted by Gasteiger charge is -2.27. The van der Waals surface area contributed by atoms with Crippen LogP contribution in [0.15, 0.2) is 18.2 Å². The van der Waals surface area contributed by atoms with Crippen molar-refractivity contribution in [3.05, 3.63) is 33.9 Å². The third-order valence-electron chi connectivity index (χ3n) is 2.92. The van der Waals surface area contributed by atoms with Crippen LogP contribution in [0.1, 0.15) is 10.4 Å². The lowest BCUT2D eigenvalue weighted by atomic mass is 10.1. The molecule has 7 nitrogen and oxygen atoms in total. The molecule has 1 saturated heterocycles. The highest BCUT2D eigenvalue weighted by Crippen LogP contribution is 2.25. The molecule has 0 atom stereocenters. The van der Waals surface area contributed by atoms with Crippen LogP contribution in [0.4, 0.5) is 5.69 Å². The number of hydrogen-bond donors (Lipinski definition) is 0. The van der Waals surface area contributed by atoms with E-state index in [4.69, 9.17) is 9.47 Å². The van der Waals surface area contributed by atoms with Crippen molar-refractivity contribution in [2.75, 3.05) is 33.4 Å². The summed E-state index contributed by atoms with van der Waals surface area (Å²) in [6.45, 7) is 2.03. The second kappa shape index (κ2) is 5.66. The average molecular weight is 266 g/mol. The number of nitrogens with zero attached hydrogens (tertiary/aromatic N) is 2. The summed E-state index contributed by atoms with van der Waals surface area (Å²) in [5.41, 5.74) is 0.227. The molecule has 1 heterocycles. The molecule has 1 aliphatic heterocycles. The van der Waals surface area contributed by atoms with Gasteiger partial charge in [0.25, 0.3) is 11.6 Å². The smallest absolute Gasteiger partial charge is 0.273 e. The molecule has 19 heavy (non-hydrogen) atoms. The number of nitro groups is 1. The molecular weight excluding hydrogens is 252 g/mol. The Labute approximate surface area is 109 Å². The first-order valence-electron chi connectivity index (χ1n) is 5.83. The minimum Gasteiger partial charge on any atom is -0.496 e. The zero-order chi connectivity index (χ0) is 13.8. The monoisotopic (exact) mass is 266 g/mol. The number of carbonyl (C=O) groups excluding carboxylic acids is 1. The van der Waals surface area contributed by atoms with Crippen LogP contribution in [-0.4, -0.2) is 49.1 Å². The lowest BCUT2D eigenvalue weighted by molar-refractivity contribution is -0.384. The van der Waals surface area contributed by atoms with Crippen LogP contribution in [0.3, 0.4) is 0 Å². The van der Waals surface area contributed by atoms with E-state index in [2.05, 4.69) is 0 Å². The zero-order valence-corrected chi connectivity index (χ0v) is 10.5. The number of carbonyl (C=O) groups is 1. The first kappa shape index (κ1) is 13.3. The van der Waals surface area contributed by atoms with E-state index >= 15 is 0 Å². The van der Waals surface area contributed by atoms with Crippen LogP contribution in [0, 0.1) is 10.1 Å². The predicted molar refractivity (Wildman–Crippen MR) is 66.4 cm³/mol. The van der Waals surface area contributed by atoms with Crippen LogP contribution in [0.5, 0.6) is 5.75 Å². The van der Waals surface area contributed by atoms with Gasteiger partial charge in [-0.1, -0.05) is 0 Å². The van der Waals surface area contributed by atoms with Crippen LogP contribution < -0.4 is 4.74 Å². The van der Waals surface area contributed by atoms with Gasteiger partial charge in [-0.15, -0.1) is 0 Å². The minimum atomic E-state index is -0.522. The summed E-state index contributed by atoms with van der Waals surface area (Å²) in [5, 5.41) is 10.7. The Morgan fingerprint density at radius 2 is 2.11 bits per heavy atom. The van der Waals surface area contributed by atoms with Gasteiger partial charge in [0, 0.05) is 19.2 Å². The summed E-state index contributed by atoms with van der Waals surface area (Å²) in [6.07, 6.45) is 0. The number of ether oxygens (including phenoxy) is 2. The summed E-state index contributed by atoms with van der Waals surface area (Å²) in [6, 6.07) is 3.98. The van der Waals surface area contributed by atoms with Gasteiger partial charge >= 0.3 is 0 Å². The van der Waals surface area contributed by atoms with Crippen molar-refractivity contribution in [2.24, 2.45) is 0 Å². The van der Waals surface area contributed by atoms with Crippen molar-refractivity contribution in [1.29, 1.82) is 0 Å². The molecule has 0 unspecified atom stereocenters. The summed E-state index contributed by atoms with van der Waals surface area (Å²) < 4.78 is 10.2. The SMILES string of the molecule is COc1cc([N+](=O)[O-])ccc1C(=O)N1CCOCC1. The first-order valence-corrected chi connectivity index (χ1v) is 5.83. The number of hydrogen-bond acceptors (Lipinski definition) is 5. The second-order valence-electron chi connectivity index (χ2n) is 4.05. The topological polar surface area (TPSA) is 81.9 Å². The lowest BCUT2D eigenvalue weighted by Crippen LogP contribution is -2.40. The summed E-state index contributed by atoms with van der Waals surface area (Å²) >= 11 is 0. The van der Waals surface area contributed by atoms with Crippen molar-refractivity contribution in [2.45, 2.75) is 0 Å².